The van der Waals surface area contributed by atoms with Crippen LogP contribution in [0.1, 0.15) is 36.2 Å². The number of rotatable bonds is 3. The van der Waals surface area contributed by atoms with Crippen LogP contribution >= 0.6 is 32.5 Å². The molecule has 0 unspecified atom stereocenters. The van der Waals surface area contributed by atoms with E-state index in [4.69, 9.17) is 14.2 Å². The summed E-state index contributed by atoms with van der Waals surface area (Å²) in [7, 11) is 1.29. The molecule has 1 saturated carbocycles. The van der Waals surface area contributed by atoms with Gasteiger partial charge in [-0.25, -0.2) is 14.4 Å². The van der Waals surface area contributed by atoms with Crippen molar-refractivity contribution in [3.05, 3.63) is 33.5 Å². The lowest BCUT2D eigenvalue weighted by Gasteiger charge is -2.32. The highest BCUT2D eigenvalue weighted by atomic mass is 127. The maximum absolute atomic E-state index is 12.4. The normalized spacial score (nSPS) is 18.1. The monoisotopic (exact) mass is 514 g/mol. The molecule has 2 heterocycles. The van der Waals surface area contributed by atoms with Crippen molar-refractivity contribution in [2.45, 2.75) is 31.5 Å². The Morgan fingerprint density at radius 2 is 1.75 bits per heavy atom. The Bertz CT molecular complexity index is 956. The van der Waals surface area contributed by atoms with Crippen molar-refractivity contribution < 1.29 is 28.6 Å². The first-order valence-electron chi connectivity index (χ1n) is 8.51. The quantitative estimate of drug-likeness (QED) is 0.455. The molecule has 0 radical (unpaired) electrons. The van der Waals surface area contributed by atoms with Crippen molar-refractivity contribution in [1.29, 1.82) is 0 Å². The number of halogens is 1. The van der Waals surface area contributed by atoms with Crippen LogP contribution in [0.4, 0.5) is 0 Å². The van der Waals surface area contributed by atoms with E-state index < -0.39 is 44.4 Å². The molecule has 2 aromatic rings. The van der Waals surface area contributed by atoms with Gasteiger partial charge >= 0.3 is 17.9 Å². The maximum atomic E-state index is 12.4. The average Bonchev–Trinajstić information content (AvgIpc) is 3.34. The van der Waals surface area contributed by atoms with Crippen LogP contribution in [0.2, 0.25) is 0 Å². The second-order valence-corrected chi connectivity index (χ2v) is 9.66. The van der Waals surface area contributed by atoms with Crippen molar-refractivity contribution in [2.24, 2.45) is 0 Å². The lowest BCUT2D eigenvalue weighted by molar-refractivity contribution is -0.224. The third kappa shape index (κ3) is 3.58. The summed E-state index contributed by atoms with van der Waals surface area (Å²) >= 11 is -0.133. The number of hydrogen-bond donors (Lipinski definition) is 0. The van der Waals surface area contributed by atoms with Crippen LogP contribution in [0.3, 0.4) is 0 Å². The molecule has 1 aromatic heterocycles. The highest BCUT2D eigenvalue weighted by Gasteiger charge is 2.48. The van der Waals surface area contributed by atoms with Gasteiger partial charge in [-0.15, -0.1) is 0 Å². The minimum atomic E-state index is -1.06. The van der Waals surface area contributed by atoms with Crippen LogP contribution in [0.25, 0.3) is 11.3 Å². The third-order valence-corrected chi connectivity index (χ3v) is 7.76. The summed E-state index contributed by atoms with van der Waals surface area (Å²) in [5, 5.41) is 0. The predicted molar refractivity (Wildman–Crippen MR) is 108 cm³/mol. The molecule has 10 heteroatoms. The van der Waals surface area contributed by atoms with E-state index in [2.05, 4.69) is 8.75 Å². The predicted octanol–water partition coefficient (Wildman–Crippen LogP) is 2.67. The first-order chi connectivity index (χ1) is 13.5. The fraction of sp³-hybridized carbons (Fsp3) is 0.333. The fourth-order valence-corrected chi connectivity index (χ4v) is 5.67. The summed E-state index contributed by atoms with van der Waals surface area (Å²) in [6.45, 7) is 0. The zero-order valence-electron chi connectivity index (χ0n) is 14.8. The van der Waals surface area contributed by atoms with Crippen LogP contribution in [0.5, 0.6) is 0 Å². The molecule has 1 spiro atoms. The second-order valence-electron chi connectivity index (χ2n) is 6.27. The Labute approximate surface area is 174 Å². The van der Waals surface area contributed by atoms with Gasteiger partial charge in [-0.1, -0.05) is 32.9 Å². The molecule has 146 valence electrons. The zero-order valence-corrected chi connectivity index (χ0v) is 17.7. The third-order valence-electron chi connectivity index (χ3n) is 4.47. The van der Waals surface area contributed by atoms with Gasteiger partial charge in [0.1, 0.15) is 5.69 Å². The second kappa shape index (κ2) is 7.66. The summed E-state index contributed by atoms with van der Waals surface area (Å²) in [4.78, 5) is 36.5. The molecule has 28 heavy (non-hydrogen) atoms. The molecular weight excluding hydrogens is 499 g/mol. The first-order valence-corrected chi connectivity index (χ1v) is 11.4. The number of carbonyl (C=O) groups excluding carboxylic acids is 3. The van der Waals surface area contributed by atoms with Gasteiger partial charge in [-0.05, 0) is 25.0 Å². The Hall–Kier alpha value is -2.21. The molecule has 0 N–H and O–H groups in total. The number of carbonyl (C=O) groups is 3. The number of methoxy groups -OCH3 is 1. The smallest absolute Gasteiger partial charge is 0.360 e. The summed E-state index contributed by atoms with van der Waals surface area (Å²) in [6.07, 6.45) is 2.89. The number of nitrogens with zero attached hydrogens (tertiary/aromatic N) is 2. The van der Waals surface area contributed by atoms with E-state index in [-0.39, 0.29) is 9.20 Å². The van der Waals surface area contributed by atoms with Gasteiger partial charge in [0.15, 0.2) is 9.20 Å². The first kappa shape index (κ1) is 19.1. The van der Waals surface area contributed by atoms with Gasteiger partial charge in [0.05, 0.1) is 18.8 Å². The van der Waals surface area contributed by atoms with E-state index in [9.17, 15) is 14.4 Å². The van der Waals surface area contributed by atoms with Crippen molar-refractivity contribution in [1.82, 2.24) is 8.75 Å². The number of aromatic nitrogens is 2. The molecule has 1 aliphatic heterocycles. The fourth-order valence-electron chi connectivity index (χ4n) is 3.12. The van der Waals surface area contributed by atoms with E-state index in [0.717, 1.165) is 28.1 Å². The lowest BCUT2D eigenvalue weighted by Crippen LogP contribution is -2.48. The van der Waals surface area contributed by atoms with Crippen molar-refractivity contribution in [3.63, 3.8) is 0 Å². The topological polar surface area (TPSA) is 105 Å². The van der Waals surface area contributed by atoms with Gasteiger partial charge in [0, 0.05) is 22.0 Å². The molecule has 0 atom stereocenters. The minimum Gasteiger partial charge on any atom is -0.464 e. The maximum Gasteiger partial charge on any atom is 0.360 e. The standard InChI is InChI=1S/C18H15IN2O6S/c1-25-17(24)14-13(20-28-21-14)10-4-6-11(7-5-10)19-12-15(22)26-18(27-16(12)23)8-2-3-9-18/h4-7H,2-3,8-9H2,1H3. The van der Waals surface area contributed by atoms with Gasteiger partial charge < -0.3 is 14.2 Å². The van der Waals surface area contributed by atoms with E-state index in [1.165, 1.54) is 7.11 Å². The molecule has 4 rings (SSSR count). The van der Waals surface area contributed by atoms with Crippen LogP contribution in [-0.2, 0) is 23.8 Å². The molecular formula is C18H15IN2O6S. The molecule has 2 fully saturated rings. The van der Waals surface area contributed by atoms with Crippen LogP contribution < -0.4 is 0 Å². The van der Waals surface area contributed by atoms with Crippen LogP contribution in [-0.4, -0.2) is 43.1 Å². The van der Waals surface area contributed by atoms with Gasteiger partial charge in [0.2, 0.25) is 0 Å². The zero-order chi connectivity index (χ0) is 19.7. The van der Waals surface area contributed by atoms with Crippen molar-refractivity contribution in [3.8, 4) is 11.3 Å². The highest BCUT2D eigenvalue weighted by Crippen LogP contribution is 2.38. The number of ether oxygens (including phenoxy) is 3. The molecule has 1 aliphatic carbocycles. The van der Waals surface area contributed by atoms with Crippen molar-refractivity contribution in [2.75, 3.05) is 7.11 Å². The minimum absolute atomic E-state index is 0.0923. The van der Waals surface area contributed by atoms with E-state index in [1.807, 2.05) is 0 Å². The van der Waals surface area contributed by atoms with Crippen LogP contribution in [0.15, 0.2) is 24.3 Å². The van der Waals surface area contributed by atoms with Crippen LogP contribution in [0, 0.1) is 3.57 Å². The molecule has 0 bridgehead atoms. The Morgan fingerprint density at radius 3 is 2.36 bits per heavy atom. The lowest BCUT2D eigenvalue weighted by atomic mass is 10.1. The van der Waals surface area contributed by atoms with E-state index in [1.54, 1.807) is 24.3 Å². The largest absolute Gasteiger partial charge is 0.464 e. The summed E-state index contributed by atoms with van der Waals surface area (Å²) < 4.78 is 24.7. The Kier molecular flexibility index (Phi) is 5.23. The number of hydrogen-bond acceptors (Lipinski definition) is 9. The molecule has 8 nitrogen and oxygen atoms in total. The Balaban J connectivity index is 1.56. The Morgan fingerprint density at radius 1 is 1.11 bits per heavy atom. The molecule has 0 amide bonds. The van der Waals surface area contributed by atoms with Gasteiger partial charge in [-0.2, -0.15) is 8.75 Å². The van der Waals surface area contributed by atoms with Gasteiger partial charge in [0.25, 0.3) is 5.79 Å². The molecule has 1 aromatic carbocycles. The SMILES string of the molecule is COC(=O)c1nsnc1-c1ccc(I=C2C(=O)OC3(CCCC3)OC2=O)cc1. The number of benzene rings is 1. The average molecular weight is 514 g/mol. The summed E-state index contributed by atoms with van der Waals surface area (Å²) in [6, 6.07) is 7.15. The van der Waals surface area contributed by atoms with Crippen molar-refractivity contribution >= 4 is 53.9 Å². The van der Waals surface area contributed by atoms with E-state index in [0.29, 0.717) is 24.1 Å². The molecule has 2 aliphatic rings. The number of esters is 3. The summed E-state index contributed by atoms with van der Waals surface area (Å²) in [5.41, 5.74) is 1.30. The highest BCUT2D eigenvalue weighted by molar-refractivity contribution is 14.2. The van der Waals surface area contributed by atoms with Gasteiger partial charge in [-0.3, -0.25) is 0 Å². The molecule has 1 saturated heterocycles. The van der Waals surface area contributed by atoms with E-state index >= 15 is 0 Å². The summed E-state index contributed by atoms with van der Waals surface area (Å²) in [5.74, 6) is -2.73.